The second kappa shape index (κ2) is 7.55. The van der Waals surface area contributed by atoms with Crippen molar-refractivity contribution in [2.45, 2.75) is 18.2 Å². The topological polar surface area (TPSA) is 59.1 Å². The van der Waals surface area contributed by atoms with Gasteiger partial charge in [-0.05, 0) is 36.2 Å². The Labute approximate surface area is 156 Å². The highest BCUT2D eigenvalue weighted by atomic mass is 32.2. The Kier molecular flexibility index (Phi) is 5.38. The zero-order valence-corrected chi connectivity index (χ0v) is 16.1. The van der Waals surface area contributed by atoms with Crippen molar-refractivity contribution < 1.29 is 12.8 Å². The number of sulfone groups is 1. The Morgan fingerprint density at radius 1 is 1.12 bits per heavy atom. The van der Waals surface area contributed by atoms with Gasteiger partial charge < -0.3 is 5.32 Å². The van der Waals surface area contributed by atoms with Crippen LogP contribution in [0.5, 0.6) is 0 Å². The van der Waals surface area contributed by atoms with Crippen LogP contribution in [0.1, 0.15) is 13.3 Å². The third-order valence-electron chi connectivity index (χ3n) is 3.80. The summed E-state index contributed by atoms with van der Waals surface area (Å²) in [5.41, 5.74) is 2.21. The minimum atomic E-state index is -3.25. The van der Waals surface area contributed by atoms with Crippen LogP contribution in [0.4, 0.5) is 9.52 Å². The molecule has 0 bridgehead atoms. The summed E-state index contributed by atoms with van der Waals surface area (Å²) in [6.07, 6.45) is 2.15. The molecular weight excluding hydrogens is 371 g/mol. The first-order valence-corrected chi connectivity index (χ1v) is 10.9. The van der Waals surface area contributed by atoms with Crippen LogP contribution in [0.2, 0.25) is 0 Å². The third-order valence-corrected chi connectivity index (χ3v) is 5.99. The Morgan fingerprint density at radius 2 is 1.85 bits per heavy atom. The minimum Gasteiger partial charge on any atom is -0.361 e. The van der Waals surface area contributed by atoms with E-state index in [1.165, 1.54) is 29.7 Å². The maximum atomic E-state index is 13.7. The van der Waals surface area contributed by atoms with Crippen molar-refractivity contribution in [2.75, 3.05) is 18.1 Å². The molecule has 0 radical (unpaired) electrons. The Hall–Kier alpha value is -2.25. The van der Waals surface area contributed by atoms with Crippen molar-refractivity contribution in [3.05, 3.63) is 54.3 Å². The first-order chi connectivity index (χ1) is 12.4. The van der Waals surface area contributed by atoms with Crippen LogP contribution < -0.4 is 5.32 Å². The van der Waals surface area contributed by atoms with Gasteiger partial charge in [-0.3, -0.25) is 0 Å². The van der Waals surface area contributed by atoms with Gasteiger partial charge in [-0.1, -0.05) is 42.5 Å². The molecule has 1 N–H and O–H groups in total. The summed E-state index contributed by atoms with van der Waals surface area (Å²) in [4.78, 5) is 5.76. The molecule has 3 rings (SSSR count). The molecule has 0 spiro atoms. The van der Waals surface area contributed by atoms with Gasteiger partial charge in [-0.25, -0.2) is 17.8 Å². The zero-order chi connectivity index (χ0) is 18.7. The summed E-state index contributed by atoms with van der Waals surface area (Å²) in [6, 6.07) is 13.0. The van der Waals surface area contributed by atoms with Gasteiger partial charge >= 0.3 is 0 Å². The second-order valence-electron chi connectivity index (χ2n) is 5.93. The molecule has 1 heterocycles. The van der Waals surface area contributed by atoms with E-state index in [0.29, 0.717) is 11.3 Å². The van der Waals surface area contributed by atoms with Gasteiger partial charge in [-0.2, -0.15) is 0 Å². The van der Waals surface area contributed by atoms with Gasteiger partial charge in [0.25, 0.3) is 0 Å². The van der Waals surface area contributed by atoms with E-state index in [9.17, 15) is 12.8 Å². The molecule has 0 unspecified atom stereocenters. The summed E-state index contributed by atoms with van der Waals surface area (Å²) in [7, 11) is -3.25. The lowest BCUT2D eigenvalue weighted by atomic mass is 10.1. The highest BCUT2D eigenvalue weighted by Gasteiger charge is 2.16. The van der Waals surface area contributed by atoms with Gasteiger partial charge in [0.1, 0.15) is 5.82 Å². The lowest BCUT2D eigenvalue weighted by molar-refractivity contribution is 0.602. The monoisotopic (exact) mass is 390 g/mol. The molecular formula is C19H19FN2O2S2. The van der Waals surface area contributed by atoms with Gasteiger partial charge in [0.05, 0.1) is 15.5 Å². The van der Waals surface area contributed by atoms with Crippen LogP contribution in [-0.2, 0) is 9.84 Å². The molecule has 3 aromatic rings. The number of aromatic nitrogens is 1. The van der Waals surface area contributed by atoms with E-state index < -0.39 is 9.84 Å². The standard InChI is InChI=1S/C19H19FN2O2S2/c1-3-11-21-19-22-17(14-5-4-6-15(20)12-14)18(25-19)13-7-9-16(10-8-13)26(2,23)24/h4-10,12H,3,11H2,1-2H3,(H,21,22). The predicted octanol–water partition coefficient (Wildman–Crippen LogP) is 4.84. The van der Waals surface area contributed by atoms with Crippen LogP contribution in [0, 0.1) is 5.82 Å². The number of anilines is 1. The number of nitrogens with one attached hydrogen (secondary N) is 1. The number of rotatable bonds is 6. The zero-order valence-electron chi connectivity index (χ0n) is 14.5. The lowest BCUT2D eigenvalue weighted by Gasteiger charge is -2.04. The first kappa shape index (κ1) is 18.5. The average molecular weight is 391 g/mol. The molecule has 0 atom stereocenters. The van der Waals surface area contributed by atoms with Crippen LogP contribution in [0.3, 0.4) is 0 Å². The van der Waals surface area contributed by atoms with E-state index in [-0.39, 0.29) is 10.7 Å². The quantitative estimate of drug-likeness (QED) is 0.654. The van der Waals surface area contributed by atoms with Gasteiger partial charge in [0.2, 0.25) is 0 Å². The summed E-state index contributed by atoms with van der Waals surface area (Å²) in [5, 5.41) is 4.02. The van der Waals surface area contributed by atoms with E-state index in [2.05, 4.69) is 17.2 Å². The van der Waals surface area contributed by atoms with Crippen molar-refractivity contribution in [1.82, 2.24) is 4.98 Å². The second-order valence-corrected chi connectivity index (χ2v) is 8.95. The fourth-order valence-electron chi connectivity index (χ4n) is 2.51. The lowest BCUT2D eigenvalue weighted by Crippen LogP contribution is -1.98. The van der Waals surface area contributed by atoms with Crippen molar-refractivity contribution in [2.24, 2.45) is 0 Å². The number of hydrogen-bond acceptors (Lipinski definition) is 5. The highest BCUT2D eigenvalue weighted by Crippen LogP contribution is 2.39. The third kappa shape index (κ3) is 4.11. The molecule has 2 aromatic carbocycles. The number of thiazole rings is 1. The molecule has 26 heavy (non-hydrogen) atoms. The fourth-order valence-corrected chi connectivity index (χ4v) is 4.16. The van der Waals surface area contributed by atoms with Crippen molar-refractivity contribution in [3.8, 4) is 21.7 Å². The fraction of sp³-hybridized carbons (Fsp3) is 0.211. The summed E-state index contributed by atoms with van der Waals surface area (Å²) < 4.78 is 37.0. The predicted molar refractivity (Wildman–Crippen MR) is 105 cm³/mol. The van der Waals surface area contributed by atoms with Crippen molar-refractivity contribution >= 4 is 26.3 Å². The number of benzene rings is 2. The molecule has 0 aliphatic carbocycles. The minimum absolute atomic E-state index is 0.266. The van der Waals surface area contributed by atoms with Crippen LogP contribution >= 0.6 is 11.3 Å². The SMILES string of the molecule is CCCNc1nc(-c2cccc(F)c2)c(-c2ccc(S(C)(=O)=O)cc2)s1. The molecule has 1 aromatic heterocycles. The molecule has 0 fully saturated rings. The van der Waals surface area contributed by atoms with E-state index >= 15 is 0 Å². The maximum Gasteiger partial charge on any atom is 0.183 e. The van der Waals surface area contributed by atoms with Crippen molar-refractivity contribution in [3.63, 3.8) is 0 Å². The summed E-state index contributed by atoms with van der Waals surface area (Å²) in [5.74, 6) is -0.322. The van der Waals surface area contributed by atoms with Gasteiger partial charge in [0.15, 0.2) is 15.0 Å². The molecule has 0 saturated heterocycles. The largest absolute Gasteiger partial charge is 0.361 e. The van der Waals surface area contributed by atoms with Crippen LogP contribution in [0.25, 0.3) is 21.7 Å². The van der Waals surface area contributed by atoms with Crippen molar-refractivity contribution in [1.29, 1.82) is 0 Å². The molecule has 136 valence electrons. The Balaban J connectivity index is 2.08. The molecule has 4 nitrogen and oxygen atoms in total. The molecule has 7 heteroatoms. The molecule has 0 aliphatic rings. The molecule has 0 aliphatic heterocycles. The summed E-state index contributed by atoms with van der Waals surface area (Å²) >= 11 is 1.47. The average Bonchev–Trinajstić information content (AvgIpc) is 3.03. The highest BCUT2D eigenvalue weighted by molar-refractivity contribution is 7.90. The number of halogens is 1. The summed E-state index contributed by atoms with van der Waals surface area (Å²) in [6.45, 7) is 2.86. The smallest absolute Gasteiger partial charge is 0.183 e. The van der Waals surface area contributed by atoms with E-state index in [1.54, 1.807) is 30.3 Å². The van der Waals surface area contributed by atoms with Gasteiger partial charge in [-0.15, -0.1) is 0 Å². The van der Waals surface area contributed by atoms with Crippen LogP contribution in [0.15, 0.2) is 53.4 Å². The van der Waals surface area contributed by atoms with E-state index in [1.807, 2.05) is 6.07 Å². The van der Waals surface area contributed by atoms with E-state index in [0.717, 1.165) is 28.5 Å². The Morgan fingerprint density at radius 3 is 2.46 bits per heavy atom. The number of hydrogen-bond donors (Lipinski definition) is 1. The van der Waals surface area contributed by atoms with Gasteiger partial charge in [0, 0.05) is 18.4 Å². The maximum absolute atomic E-state index is 13.7. The Bertz CT molecular complexity index is 1010. The molecule has 0 saturated carbocycles. The number of nitrogens with zero attached hydrogens (tertiary/aromatic N) is 1. The molecule has 0 amide bonds. The normalized spacial score (nSPS) is 11.5. The first-order valence-electron chi connectivity index (χ1n) is 8.19. The van der Waals surface area contributed by atoms with Crippen LogP contribution in [-0.4, -0.2) is 26.2 Å². The van der Waals surface area contributed by atoms with E-state index in [4.69, 9.17) is 0 Å².